The molecule has 0 bridgehead atoms. The quantitative estimate of drug-likeness (QED) is 0.589. The highest BCUT2D eigenvalue weighted by molar-refractivity contribution is 5.79. The minimum absolute atomic E-state index is 0. The molecule has 0 aliphatic heterocycles. The van der Waals surface area contributed by atoms with Crippen LogP contribution in [-0.4, -0.2) is 24.7 Å². The van der Waals surface area contributed by atoms with Crippen LogP contribution in [-0.2, 0) is 16.1 Å². The minimum Gasteiger partial charge on any atom is -0.476 e. The lowest BCUT2D eigenvalue weighted by Crippen LogP contribution is -2.39. The van der Waals surface area contributed by atoms with Gasteiger partial charge in [0, 0.05) is 7.97 Å². The number of nitrogens with one attached hydrogen (secondary N) is 1. The van der Waals surface area contributed by atoms with Gasteiger partial charge in [-0.25, -0.2) is 4.79 Å². The normalized spacial score (nSPS) is 11.3. The van der Waals surface area contributed by atoms with E-state index < -0.39 is 5.60 Å². The van der Waals surface area contributed by atoms with Gasteiger partial charge in [0.2, 0.25) is 0 Å². The summed E-state index contributed by atoms with van der Waals surface area (Å²) in [6, 6.07) is 6.02. The van der Waals surface area contributed by atoms with Crippen LogP contribution in [0.2, 0.25) is 0 Å². The molecule has 4 nitrogen and oxygen atoms in total. The van der Waals surface area contributed by atoms with Crippen molar-refractivity contribution in [2.45, 2.75) is 53.2 Å². The van der Waals surface area contributed by atoms with Gasteiger partial charge < -0.3 is 14.8 Å². The number of aryl methyl sites for hydroxylation is 1. The van der Waals surface area contributed by atoms with Crippen molar-refractivity contribution in [2.24, 2.45) is 0 Å². The highest BCUT2D eigenvalue weighted by atomic mass is 16.6. The zero-order valence-corrected chi connectivity index (χ0v) is 13.8. The van der Waals surface area contributed by atoms with Crippen molar-refractivity contribution in [1.29, 1.82) is 0 Å². The number of ether oxygens (including phenoxy) is 2. The predicted molar refractivity (Wildman–Crippen MR) is 86.6 cm³/mol. The topological polar surface area (TPSA) is 47.6 Å². The molecule has 0 saturated heterocycles. The highest BCUT2D eigenvalue weighted by Crippen LogP contribution is 2.24. The van der Waals surface area contributed by atoms with Crippen LogP contribution in [0.25, 0.3) is 0 Å². The molecule has 0 saturated carbocycles. The van der Waals surface area contributed by atoms with Crippen LogP contribution in [0.5, 0.6) is 5.75 Å². The van der Waals surface area contributed by atoms with Gasteiger partial charge in [-0.05, 0) is 57.9 Å². The average Bonchev–Trinajstić information content (AvgIpc) is 2.42. The molecule has 1 aromatic rings. The second-order valence-corrected chi connectivity index (χ2v) is 5.61. The number of hydrogen-bond donors (Lipinski definition) is 1. The van der Waals surface area contributed by atoms with Crippen molar-refractivity contribution in [1.82, 2.24) is 5.32 Å². The Kier molecular flexibility index (Phi) is 6.69. The van der Waals surface area contributed by atoms with Gasteiger partial charge in [-0.1, -0.05) is 19.1 Å². The zero-order valence-electron chi connectivity index (χ0n) is 13.8. The van der Waals surface area contributed by atoms with E-state index >= 15 is 0 Å². The summed E-state index contributed by atoms with van der Waals surface area (Å²) in [5.41, 5.74) is 1.24. The summed E-state index contributed by atoms with van der Waals surface area (Å²) in [4.78, 5) is 11.9. The molecule has 0 radical (unpaired) electrons. The summed E-state index contributed by atoms with van der Waals surface area (Å²) in [5, 5.41) is 3.37. The number of esters is 1. The van der Waals surface area contributed by atoms with Gasteiger partial charge in [0.25, 0.3) is 0 Å². The van der Waals surface area contributed by atoms with Crippen LogP contribution in [0, 0.1) is 6.92 Å². The van der Waals surface area contributed by atoms with Crippen molar-refractivity contribution in [3.05, 3.63) is 29.3 Å². The van der Waals surface area contributed by atoms with E-state index in [9.17, 15) is 4.79 Å². The Labute approximate surface area is 129 Å². The van der Waals surface area contributed by atoms with E-state index in [1.54, 1.807) is 20.8 Å². The molecule has 0 unspecified atom stereocenters. The highest BCUT2D eigenvalue weighted by Gasteiger charge is 2.31. The summed E-state index contributed by atoms with van der Waals surface area (Å²) in [5.74, 6) is 0.366. The molecule has 0 spiro atoms. The molecule has 0 amide bonds. The van der Waals surface area contributed by atoms with Gasteiger partial charge in [0.1, 0.15) is 5.75 Å². The minimum atomic E-state index is -0.983. The van der Waals surface area contributed by atoms with Crippen LogP contribution >= 0.6 is 0 Å². The van der Waals surface area contributed by atoms with E-state index in [1.807, 2.05) is 19.1 Å². The molecular weight excluding hydrogens is 266 g/mol. The largest absolute Gasteiger partial charge is 0.476 e. The molecular formula is C17H29NO3. The summed E-state index contributed by atoms with van der Waals surface area (Å²) in [7, 11) is 0. The van der Waals surface area contributed by atoms with Crippen LogP contribution in [0.4, 0.5) is 0 Å². The van der Waals surface area contributed by atoms with E-state index in [1.165, 1.54) is 5.56 Å². The number of rotatable bonds is 8. The Hall–Kier alpha value is -1.55. The Morgan fingerprint density at radius 3 is 2.62 bits per heavy atom. The molecule has 0 atom stereocenters. The average molecular weight is 295 g/mol. The van der Waals surface area contributed by atoms with Gasteiger partial charge in [-0.2, -0.15) is 0 Å². The van der Waals surface area contributed by atoms with Gasteiger partial charge in [0.15, 0.2) is 5.60 Å². The SMILES string of the molecule is CCCNCc1ccc(OC(C)(C)C(=O)OCC)c(C)c1.[HH]. The summed E-state index contributed by atoms with van der Waals surface area (Å²) in [6.45, 7) is 11.6. The summed E-state index contributed by atoms with van der Waals surface area (Å²) >= 11 is 0. The van der Waals surface area contributed by atoms with Crippen LogP contribution < -0.4 is 10.1 Å². The molecule has 120 valence electrons. The third-order valence-electron chi connectivity index (χ3n) is 3.13. The smallest absolute Gasteiger partial charge is 0.349 e. The van der Waals surface area contributed by atoms with E-state index in [0.29, 0.717) is 12.4 Å². The number of hydrogen-bond acceptors (Lipinski definition) is 4. The first-order valence-electron chi connectivity index (χ1n) is 7.57. The Morgan fingerprint density at radius 1 is 1.33 bits per heavy atom. The van der Waals surface area contributed by atoms with Gasteiger partial charge >= 0.3 is 5.97 Å². The maximum atomic E-state index is 11.9. The van der Waals surface area contributed by atoms with Crippen molar-refractivity contribution in [3.63, 3.8) is 0 Å². The van der Waals surface area contributed by atoms with Crippen LogP contribution in [0.3, 0.4) is 0 Å². The third kappa shape index (κ3) is 5.38. The number of carbonyl (C=O) groups is 1. The fourth-order valence-corrected chi connectivity index (χ4v) is 1.97. The molecule has 0 aromatic heterocycles. The lowest BCUT2D eigenvalue weighted by molar-refractivity contribution is -0.158. The lowest BCUT2D eigenvalue weighted by Gasteiger charge is -2.25. The van der Waals surface area contributed by atoms with Crippen molar-refractivity contribution >= 4 is 5.97 Å². The fraction of sp³-hybridized carbons (Fsp3) is 0.588. The monoisotopic (exact) mass is 295 g/mol. The maximum Gasteiger partial charge on any atom is 0.349 e. The Balaban J connectivity index is 0.00000441. The van der Waals surface area contributed by atoms with E-state index in [0.717, 1.165) is 25.1 Å². The third-order valence-corrected chi connectivity index (χ3v) is 3.13. The second-order valence-electron chi connectivity index (χ2n) is 5.61. The fourth-order valence-electron chi connectivity index (χ4n) is 1.97. The molecule has 21 heavy (non-hydrogen) atoms. The molecule has 1 aromatic carbocycles. The second kappa shape index (κ2) is 8.03. The number of benzene rings is 1. The Morgan fingerprint density at radius 2 is 2.05 bits per heavy atom. The van der Waals surface area contributed by atoms with Crippen molar-refractivity contribution in [2.75, 3.05) is 13.2 Å². The molecule has 1 rings (SSSR count). The Bertz CT molecular complexity index is 475. The van der Waals surface area contributed by atoms with Crippen molar-refractivity contribution in [3.8, 4) is 5.75 Å². The lowest BCUT2D eigenvalue weighted by atomic mass is 10.1. The molecule has 0 fully saturated rings. The summed E-state index contributed by atoms with van der Waals surface area (Å²) in [6.07, 6.45) is 1.12. The molecule has 1 N–H and O–H groups in total. The van der Waals surface area contributed by atoms with Crippen LogP contribution in [0.15, 0.2) is 18.2 Å². The van der Waals surface area contributed by atoms with E-state index in [4.69, 9.17) is 9.47 Å². The first-order valence-corrected chi connectivity index (χ1v) is 7.57. The van der Waals surface area contributed by atoms with E-state index in [-0.39, 0.29) is 7.40 Å². The van der Waals surface area contributed by atoms with Crippen molar-refractivity contribution < 1.29 is 15.7 Å². The number of carbonyl (C=O) groups excluding carboxylic acids is 1. The molecule has 0 aliphatic carbocycles. The zero-order chi connectivity index (χ0) is 15.9. The predicted octanol–water partition coefficient (Wildman–Crippen LogP) is 3.46. The molecule has 0 aliphatic rings. The van der Waals surface area contributed by atoms with Gasteiger partial charge in [-0.15, -0.1) is 0 Å². The summed E-state index contributed by atoms with van der Waals surface area (Å²) < 4.78 is 10.9. The maximum absolute atomic E-state index is 11.9. The van der Waals surface area contributed by atoms with Crippen LogP contribution in [0.1, 0.15) is 46.7 Å². The first kappa shape index (κ1) is 17.5. The van der Waals surface area contributed by atoms with Gasteiger partial charge in [-0.3, -0.25) is 0 Å². The van der Waals surface area contributed by atoms with Gasteiger partial charge in [0.05, 0.1) is 6.61 Å². The molecule has 4 heteroatoms. The first-order chi connectivity index (χ1) is 9.90. The standard InChI is InChI=1S/C17H27NO3.H2/c1-6-10-18-12-14-8-9-15(13(3)11-14)21-17(4,5)16(19)20-7-2;/h8-9,11,18H,6-7,10,12H2,1-5H3;1H. The molecule has 0 heterocycles. The van der Waals surface area contributed by atoms with E-state index in [2.05, 4.69) is 18.3 Å².